The first kappa shape index (κ1) is 15.5. The number of aryl methyl sites for hydroxylation is 1. The van der Waals surface area contributed by atoms with E-state index in [1.807, 2.05) is 0 Å². The second-order valence-corrected chi connectivity index (χ2v) is 5.39. The predicted octanol–water partition coefficient (Wildman–Crippen LogP) is 3.15. The van der Waals surface area contributed by atoms with Gasteiger partial charge in [0.25, 0.3) is 0 Å². The number of rotatable bonds is 3. The molecule has 1 fully saturated rings. The van der Waals surface area contributed by atoms with E-state index in [4.69, 9.17) is 0 Å². The number of aromatic carboxylic acids is 1. The molecular weight excluding hydrogens is 318 g/mol. The third-order valence-electron chi connectivity index (χ3n) is 4.01. The molecule has 4 nitrogen and oxygen atoms in total. The lowest BCUT2D eigenvalue weighted by Gasteiger charge is -2.17. The van der Waals surface area contributed by atoms with E-state index in [2.05, 4.69) is 0 Å². The first-order valence-electron chi connectivity index (χ1n) is 6.96. The van der Waals surface area contributed by atoms with Crippen molar-refractivity contribution in [1.29, 1.82) is 0 Å². The van der Waals surface area contributed by atoms with Crippen LogP contribution in [0.2, 0.25) is 0 Å². The lowest BCUT2D eigenvalue weighted by molar-refractivity contribution is 0.0683. The van der Waals surface area contributed by atoms with Crippen LogP contribution in [0, 0.1) is 23.3 Å². The molecule has 1 saturated carbocycles. The van der Waals surface area contributed by atoms with E-state index < -0.39 is 57.2 Å². The van der Waals surface area contributed by atoms with Gasteiger partial charge in [0.1, 0.15) is 5.69 Å². The van der Waals surface area contributed by atoms with Gasteiger partial charge in [-0.15, -0.1) is 0 Å². The van der Waals surface area contributed by atoms with Gasteiger partial charge in [0, 0.05) is 12.1 Å². The van der Waals surface area contributed by atoms with E-state index >= 15 is 0 Å². The van der Waals surface area contributed by atoms with Crippen molar-refractivity contribution < 1.29 is 27.5 Å². The number of fused-ring (bicyclic) bond motifs is 1. The average Bonchev–Trinajstić information content (AvgIpc) is 3.33. The molecule has 8 heteroatoms. The number of carboxylic acid groups (broad SMARTS) is 1. The third kappa shape index (κ3) is 2.04. The second-order valence-electron chi connectivity index (χ2n) is 5.39. The first-order valence-corrected chi connectivity index (χ1v) is 6.96. The molecule has 1 N–H and O–H groups in total. The monoisotopic (exact) mass is 329 g/mol. The zero-order chi connectivity index (χ0) is 17.0. The minimum atomic E-state index is -2.08. The van der Waals surface area contributed by atoms with Crippen LogP contribution in [0.1, 0.15) is 41.7 Å². The van der Waals surface area contributed by atoms with Crippen LogP contribution >= 0.6 is 0 Å². The number of hydrogen-bond donors (Lipinski definition) is 1. The van der Waals surface area contributed by atoms with Crippen molar-refractivity contribution in [3.05, 3.63) is 44.7 Å². The largest absolute Gasteiger partial charge is 0.477 e. The van der Waals surface area contributed by atoms with E-state index in [1.54, 1.807) is 0 Å². The molecule has 1 heterocycles. The van der Waals surface area contributed by atoms with Crippen LogP contribution < -0.4 is 5.43 Å². The summed E-state index contributed by atoms with van der Waals surface area (Å²) in [4.78, 5) is 24.0. The summed E-state index contributed by atoms with van der Waals surface area (Å²) < 4.78 is 56.0. The molecule has 0 bridgehead atoms. The van der Waals surface area contributed by atoms with Crippen LogP contribution in [-0.4, -0.2) is 15.6 Å². The fourth-order valence-corrected chi connectivity index (χ4v) is 2.88. The van der Waals surface area contributed by atoms with Crippen molar-refractivity contribution in [1.82, 2.24) is 4.57 Å². The molecule has 0 radical (unpaired) electrons. The molecule has 23 heavy (non-hydrogen) atoms. The van der Waals surface area contributed by atoms with Gasteiger partial charge in [-0.3, -0.25) is 4.79 Å². The van der Waals surface area contributed by atoms with E-state index in [0.717, 1.165) is 4.57 Å². The minimum absolute atomic E-state index is 0.153. The van der Waals surface area contributed by atoms with E-state index in [1.165, 1.54) is 6.92 Å². The topological polar surface area (TPSA) is 59.3 Å². The van der Waals surface area contributed by atoms with Crippen LogP contribution in [-0.2, 0) is 6.54 Å². The van der Waals surface area contributed by atoms with Crippen LogP contribution in [0.5, 0.6) is 0 Å². The third-order valence-corrected chi connectivity index (χ3v) is 4.01. The highest BCUT2D eigenvalue weighted by molar-refractivity contribution is 5.93. The summed E-state index contributed by atoms with van der Waals surface area (Å²) in [6, 6.07) is 0. The highest BCUT2D eigenvalue weighted by atomic mass is 19.2. The summed E-state index contributed by atoms with van der Waals surface area (Å²) in [5.41, 5.74) is -2.65. The summed E-state index contributed by atoms with van der Waals surface area (Å²) in [6.07, 6.45) is 1.05. The normalized spacial score (nSPS) is 14.5. The van der Waals surface area contributed by atoms with Crippen molar-refractivity contribution in [3.63, 3.8) is 0 Å². The smallest absolute Gasteiger partial charge is 0.352 e. The fourth-order valence-electron chi connectivity index (χ4n) is 2.88. The van der Waals surface area contributed by atoms with Gasteiger partial charge in [0.15, 0.2) is 28.7 Å². The molecule has 122 valence electrons. The Morgan fingerprint density at radius 1 is 1.13 bits per heavy atom. The lowest BCUT2D eigenvalue weighted by atomic mass is 10.0. The highest BCUT2D eigenvalue weighted by Crippen LogP contribution is 2.41. The van der Waals surface area contributed by atoms with Gasteiger partial charge >= 0.3 is 5.97 Å². The second kappa shape index (κ2) is 5.07. The summed E-state index contributed by atoms with van der Waals surface area (Å²) in [5.74, 6) is -9.64. The number of halogens is 4. The van der Waals surface area contributed by atoms with Crippen molar-refractivity contribution in [2.75, 3.05) is 0 Å². The molecule has 0 unspecified atom stereocenters. The Morgan fingerprint density at radius 3 is 2.17 bits per heavy atom. The number of benzene rings is 1. The fraction of sp³-hybridized carbons (Fsp3) is 0.333. The van der Waals surface area contributed by atoms with Gasteiger partial charge in [-0.2, -0.15) is 0 Å². The van der Waals surface area contributed by atoms with E-state index in [9.17, 15) is 32.3 Å². The number of carbonyl (C=O) groups is 1. The molecule has 0 atom stereocenters. The molecule has 1 aromatic carbocycles. The minimum Gasteiger partial charge on any atom is -0.477 e. The van der Waals surface area contributed by atoms with Crippen LogP contribution in [0.15, 0.2) is 4.79 Å². The van der Waals surface area contributed by atoms with Crippen LogP contribution in [0.25, 0.3) is 10.9 Å². The SMILES string of the molecule is CCn1c(C(=O)O)c(C2CC2)c(=O)c2c(F)c(F)c(F)c(F)c21. The Kier molecular flexibility index (Phi) is 3.42. The average molecular weight is 329 g/mol. The first-order chi connectivity index (χ1) is 10.8. The molecule has 2 aromatic rings. The Morgan fingerprint density at radius 2 is 1.70 bits per heavy atom. The van der Waals surface area contributed by atoms with Crippen molar-refractivity contribution in [2.45, 2.75) is 32.2 Å². The molecule has 0 amide bonds. The van der Waals surface area contributed by atoms with Gasteiger partial charge in [-0.25, -0.2) is 22.4 Å². The summed E-state index contributed by atoms with van der Waals surface area (Å²) in [5, 5.41) is 8.43. The number of carboxylic acids is 1. The number of pyridine rings is 1. The number of aromatic nitrogens is 1. The zero-order valence-electron chi connectivity index (χ0n) is 11.9. The maximum atomic E-state index is 14.1. The summed E-state index contributed by atoms with van der Waals surface area (Å²) in [6.45, 7) is 1.28. The molecule has 0 spiro atoms. The molecular formula is C15H11F4NO3. The van der Waals surface area contributed by atoms with Crippen molar-refractivity contribution in [3.8, 4) is 0 Å². The van der Waals surface area contributed by atoms with Crippen molar-refractivity contribution in [2.24, 2.45) is 0 Å². The van der Waals surface area contributed by atoms with Gasteiger partial charge < -0.3 is 9.67 Å². The standard InChI is InChI=1S/C15H11F4NO3/c1-2-20-12-7(8(16)9(17)10(18)11(12)19)14(21)6(5-3-4-5)13(20)15(22)23/h5H,2-4H2,1H3,(H,22,23). The zero-order valence-corrected chi connectivity index (χ0v) is 11.9. The molecule has 0 aliphatic heterocycles. The number of hydrogen-bond acceptors (Lipinski definition) is 2. The van der Waals surface area contributed by atoms with E-state index in [-0.39, 0.29) is 12.1 Å². The van der Waals surface area contributed by atoms with E-state index in [0.29, 0.717) is 12.8 Å². The van der Waals surface area contributed by atoms with Crippen LogP contribution in [0.4, 0.5) is 17.6 Å². The molecule has 1 aromatic heterocycles. The Labute approximate surface area is 127 Å². The Hall–Kier alpha value is -2.38. The Balaban J connectivity index is 2.66. The van der Waals surface area contributed by atoms with Gasteiger partial charge in [0.2, 0.25) is 0 Å². The Bertz CT molecular complexity index is 916. The van der Waals surface area contributed by atoms with Gasteiger partial charge in [-0.05, 0) is 25.7 Å². The predicted molar refractivity (Wildman–Crippen MR) is 72.6 cm³/mol. The summed E-state index contributed by atoms with van der Waals surface area (Å²) >= 11 is 0. The molecule has 0 saturated heterocycles. The number of nitrogens with zero attached hydrogens (tertiary/aromatic N) is 1. The quantitative estimate of drug-likeness (QED) is 0.535. The highest BCUT2D eigenvalue weighted by Gasteiger charge is 2.36. The maximum Gasteiger partial charge on any atom is 0.352 e. The molecule has 1 aliphatic carbocycles. The maximum absolute atomic E-state index is 14.1. The van der Waals surface area contributed by atoms with Crippen molar-refractivity contribution >= 4 is 16.9 Å². The van der Waals surface area contributed by atoms with Crippen LogP contribution in [0.3, 0.4) is 0 Å². The molecule has 1 aliphatic rings. The lowest BCUT2D eigenvalue weighted by Crippen LogP contribution is -2.25. The van der Waals surface area contributed by atoms with Gasteiger partial charge in [0.05, 0.1) is 10.9 Å². The van der Waals surface area contributed by atoms with Gasteiger partial charge in [-0.1, -0.05) is 0 Å². The summed E-state index contributed by atoms with van der Waals surface area (Å²) in [7, 11) is 0. The molecule has 3 rings (SSSR count).